The number of aliphatic carboxylic acids is 1. The standard InChI is InChI=1S/C23H32O5/c1-22-8-7-18-16(17(22)5-6-19(22)20(26)12-24)4-3-13-9-15(25)10-14(11-21(27)28)23(13,18)2/h9,14,16-19,24H,3-8,10-12H2,1-2H3,(H,27,28)/t14?,16-,17-,18-,19+,22-,23+/m0/s1. The molecule has 4 rings (SSSR count). The van der Waals surface area contributed by atoms with E-state index in [0.717, 1.165) is 38.5 Å². The number of carboxylic acids is 1. The predicted octanol–water partition coefficient (Wildman–Crippen LogP) is 3.40. The van der Waals surface area contributed by atoms with Crippen LogP contribution in [0.5, 0.6) is 0 Å². The van der Waals surface area contributed by atoms with Crippen LogP contribution in [0.1, 0.15) is 65.2 Å². The normalized spacial score (nSPS) is 44.9. The van der Waals surface area contributed by atoms with E-state index >= 15 is 0 Å². The molecular weight excluding hydrogens is 356 g/mol. The van der Waals surface area contributed by atoms with Gasteiger partial charge in [0.25, 0.3) is 0 Å². The Morgan fingerprint density at radius 3 is 2.57 bits per heavy atom. The first kappa shape index (κ1) is 19.8. The first-order valence-electron chi connectivity index (χ1n) is 10.8. The molecule has 0 amide bonds. The minimum absolute atomic E-state index is 0.0157. The summed E-state index contributed by atoms with van der Waals surface area (Å²) < 4.78 is 0. The highest BCUT2D eigenvalue weighted by Gasteiger charge is 2.61. The Balaban J connectivity index is 1.68. The Morgan fingerprint density at radius 1 is 1.14 bits per heavy atom. The van der Waals surface area contributed by atoms with E-state index in [9.17, 15) is 24.6 Å². The average molecular weight is 389 g/mol. The lowest BCUT2D eigenvalue weighted by Gasteiger charge is -2.60. The number of allylic oxidation sites excluding steroid dienone is 1. The number of carboxylic acid groups (broad SMARTS) is 1. The summed E-state index contributed by atoms with van der Waals surface area (Å²) in [6.45, 7) is 4.09. The monoisotopic (exact) mass is 388 g/mol. The van der Waals surface area contributed by atoms with Crippen molar-refractivity contribution in [3.63, 3.8) is 0 Å². The number of ketones is 2. The second-order valence-electron chi connectivity index (χ2n) is 10.1. The summed E-state index contributed by atoms with van der Waals surface area (Å²) in [7, 11) is 0. The van der Waals surface area contributed by atoms with Crippen molar-refractivity contribution in [1.82, 2.24) is 0 Å². The van der Waals surface area contributed by atoms with Crippen molar-refractivity contribution in [3.05, 3.63) is 11.6 Å². The molecule has 0 aromatic rings. The molecule has 154 valence electrons. The van der Waals surface area contributed by atoms with Crippen LogP contribution in [0.3, 0.4) is 0 Å². The molecule has 4 aliphatic carbocycles. The molecule has 5 nitrogen and oxygen atoms in total. The molecule has 2 N–H and O–H groups in total. The van der Waals surface area contributed by atoms with Crippen molar-refractivity contribution in [3.8, 4) is 0 Å². The highest BCUT2D eigenvalue weighted by atomic mass is 16.4. The number of hydrogen-bond donors (Lipinski definition) is 2. The van der Waals surface area contributed by atoms with Gasteiger partial charge in [0.1, 0.15) is 6.61 Å². The third-order valence-corrected chi connectivity index (χ3v) is 9.24. The van der Waals surface area contributed by atoms with Crippen LogP contribution in [0.25, 0.3) is 0 Å². The highest BCUT2D eigenvalue weighted by Crippen LogP contribution is 2.67. The smallest absolute Gasteiger partial charge is 0.303 e. The molecule has 3 saturated carbocycles. The Hall–Kier alpha value is -1.49. The van der Waals surface area contributed by atoms with Gasteiger partial charge in [-0.2, -0.15) is 0 Å². The van der Waals surface area contributed by atoms with Gasteiger partial charge in [-0.1, -0.05) is 19.4 Å². The molecule has 0 heterocycles. The van der Waals surface area contributed by atoms with Crippen molar-refractivity contribution in [1.29, 1.82) is 0 Å². The second kappa shape index (κ2) is 6.79. The Morgan fingerprint density at radius 2 is 1.89 bits per heavy atom. The van der Waals surface area contributed by atoms with Crippen molar-refractivity contribution >= 4 is 17.5 Å². The topological polar surface area (TPSA) is 91.7 Å². The SMILES string of the molecule is C[C@]12CC[C@H]3[C@@H](CCC4=CC(=O)CC(CC(=O)O)[C@@]43C)[C@@H]1CC[C@@H]2C(=O)CO. The summed E-state index contributed by atoms with van der Waals surface area (Å²) in [5, 5.41) is 18.9. The maximum atomic E-state index is 12.4. The number of aliphatic hydroxyl groups excluding tert-OH is 1. The van der Waals surface area contributed by atoms with Crippen LogP contribution in [-0.2, 0) is 14.4 Å². The molecule has 0 spiro atoms. The zero-order valence-electron chi connectivity index (χ0n) is 16.9. The number of fused-ring (bicyclic) bond motifs is 5. The lowest BCUT2D eigenvalue weighted by molar-refractivity contribution is -0.143. The summed E-state index contributed by atoms with van der Waals surface area (Å²) in [5.41, 5.74) is 0.891. The van der Waals surface area contributed by atoms with Gasteiger partial charge in [-0.05, 0) is 79.1 Å². The first-order chi connectivity index (χ1) is 13.2. The van der Waals surface area contributed by atoms with Gasteiger partial charge in [-0.25, -0.2) is 0 Å². The number of hydrogen-bond acceptors (Lipinski definition) is 4. The zero-order chi connectivity index (χ0) is 20.3. The van der Waals surface area contributed by atoms with E-state index in [1.54, 1.807) is 0 Å². The fourth-order valence-corrected chi connectivity index (χ4v) is 7.90. The van der Waals surface area contributed by atoms with E-state index in [0.29, 0.717) is 24.2 Å². The second-order valence-corrected chi connectivity index (χ2v) is 10.1. The number of carbonyl (C=O) groups is 3. The molecule has 28 heavy (non-hydrogen) atoms. The number of aliphatic hydroxyl groups is 1. The van der Waals surface area contributed by atoms with Crippen molar-refractivity contribution in [2.45, 2.75) is 65.2 Å². The van der Waals surface area contributed by atoms with Crippen LogP contribution < -0.4 is 0 Å². The molecule has 0 aromatic carbocycles. The fraction of sp³-hybridized carbons (Fsp3) is 0.783. The van der Waals surface area contributed by atoms with E-state index in [-0.39, 0.29) is 47.3 Å². The maximum Gasteiger partial charge on any atom is 0.303 e. The van der Waals surface area contributed by atoms with E-state index in [1.165, 1.54) is 5.57 Å². The first-order valence-corrected chi connectivity index (χ1v) is 10.8. The lowest BCUT2D eigenvalue weighted by Crippen LogP contribution is -2.54. The molecule has 0 bridgehead atoms. The zero-order valence-corrected chi connectivity index (χ0v) is 16.9. The van der Waals surface area contributed by atoms with Gasteiger partial charge in [0.2, 0.25) is 0 Å². The van der Waals surface area contributed by atoms with E-state index < -0.39 is 5.97 Å². The Labute approximate surface area is 166 Å². The summed E-state index contributed by atoms with van der Waals surface area (Å²) in [4.78, 5) is 36.2. The summed E-state index contributed by atoms with van der Waals surface area (Å²) >= 11 is 0. The van der Waals surface area contributed by atoms with Crippen LogP contribution in [-0.4, -0.2) is 34.4 Å². The van der Waals surface area contributed by atoms with Gasteiger partial charge in [-0.15, -0.1) is 0 Å². The minimum Gasteiger partial charge on any atom is -0.481 e. The van der Waals surface area contributed by atoms with Gasteiger partial charge in [0.05, 0.1) is 0 Å². The Kier molecular flexibility index (Phi) is 4.80. The molecule has 0 aliphatic heterocycles. The van der Waals surface area contributed by atoms with E-state index in [1.807, 2.05) is 6.08 Å². The molecule has 7 atom stereocenters. The lowest BCUT2D eigenvalue weighted by atomic mass is 9.44. The van der Waals surface area contributed by atoms with Gasteiger partial charge in [0.15, 0.2) is 11.6 Å². The fourth-order valence-electron chi connectivity index (χ4n) is 7.90. The van der Waals surface area contributed by atoms with E-state index in [2.05, 4.69) is 13.8 Å². The van der Waals surface area contributed by atoms with Crippen molar-refractivity contribution < 1.29 is 24.6 Å². The third-order valence-electron chi connectivity index (χ3n) is 9.24. The average Bonchev–Trinajstić information content (AvgIpc) is 2.99. The van der Waals surface area contributed by atoms with Crippen molar-refractivity contribution in [2.24, 2.45) is 40.4 Å². The molecule has 0 saturated heterocycles. The minimum atomic E-state index is -0.822. The van der Waals surface area contributed by atoms with Gasteiger partial charge in [-0.3, -0.25) is 14.4 Å². The largest absolute Gasteiger partial charge is 0.481 e. The predicted molar refractivity (Wildman–Crippen MR) is 103 cm³/mol. The third kappa shape index (κ3) is 2.72. The summed E-state index contributed by atoms with van der Waals surface area (Å²) in [6, 6.07) is 0. The molecule has 3 fully saturated rings. The van der Waals surface area contributed by atoms with Crippen molar-refractivity contribution in [2.75, 3.05) is 6.61 Å². The number of rotatable bonds is 4. The van der Waals surface area contributed by atoms with E-state index in [4.69, 9.17) is 0 Å². The van der Waals surface area contributed by atoms with Crippen LogP contribution >= 0.6 is 0 Å². The molecule has 4 aliphatic rings. The molecular formula is C23H32O5. The summed E-state index contributed by atoms with van der Waals surface area (Å²) in [5.74, 6) is 0.367. The summed E-state index contributed by atoms with van der Waals surface area (Å²) in [6.07, 6.45) is 7.90. The molecule has 1 unspecified atom stereocenters. The Bertz CT molecular complexity index is 739. The van der Waals surface area contributed by atoms with Gasteiger partial charge < -0.3 is 10.2 Å². The van der Waals surface area contributed by atoms with Crippen LogP contribution in [0.4, 0.5) is 0 Å². The van der Waals surface area contributed by atoms with Crippen LogP contribution in [0, 0.1) is 40.4 Å². The number of carbonyl (C=O) groups excluding carboxylic acids is 2. The quantitative estimate of drug-likeness (QED) is 0.770. The maximum absolute atomic E-state index is 12.4. The van der Waals surface area contributed by atoms with Gasteiger partial charge >= 0.3 is 5.97 Å². The van der Waals surface area contributed by atoms with Crippen LogP contribution in [0.15, 0.2) is 11.6 Å². The van der Waals surface area contributed by atoms with Crippen LogP contribution in [0.2, 0.25) is 0 Å². The molecule has 0 radical (unpaired) electrons. The molecule has 5 heteroatoms. The molecule has 0 aromatic heterocycles. The number of Topliss-reactive ketones (excluding diaryl/α,β-unsaturated/α-hetero) is 1. The highest BCUT2D eigenvalue weighted by molar-refractivity contribution is 5.92. The van der Waals surface area contributed by atoms with Gasteiger partial charge in [0, 0.05) is 18.8 Å².